The van der Waals surface area contributed by atoms with Gasteiger partial charge in [0.15, 0.2) is 5.82 Å². The molecule has 1 aromatic heterocycles. The van der Waals surface area contributed by atoms with Crippen LogP contribution >= 0.6 is 0 Å². The van der Waals surface area contributed by atoms with Crippen molar-refractivity contribution in [1.29, 1.82) is 0 Å². The number of ether oxygens (including phenoxy) is 2. The van der Waals surface area contributed by atoms with E-state index in [4.69, 9.17) is 9.47 Å². The summed E-state index contributed by atoms with van der Waals surface area (Å²) in [6, 6.07) is 17.0. The fourth-order valence-corrected chi connectivity index (χ4v) is 5.36. The van der Waals surface area contributed by atoms with Crippen molar-refractivity contribution in [3.05, 3.63) is 65.5 Å². The Morgan fingerprint density at radius 2 is 1.71 bits per heavy atom. The zero-order valence-corrected chi connectivity index (χ0v) is 20.1. The Kier molecular flexibility index (Phi) is 7.06. The maximum atomic E-state index is 5.81. The van der Waals surface area contributed by atoms with Gasteiger partial charge in [-0.1, -0.05) is 43.2 Å². The van der Waals surface area contributed by atoms with Crippen LogP contribution in [0.4, 0.5) is 0 Å². The van der Waals surface area contributed by atoms with E-state index >= 15 is 0 Å². The molecule has 3 aromatic rings. The lowest BCUT2D eigenvalue weighted by atomic mass is 10.0. The number of hydrogen-bond donors (Lipinski definition) is 0. The van der Waals surface area contributed by atoms with Gasteiger partial charge < -0.3 is 9.47 Å². The summed E-state index contributed by atoms with van der Waals surface area (Å²) in [5.74, 6) is 2.54. The van der Waals surface area contributed by atoms with Gasteiger partial charge in [-0.25, -0.2) is 4.68 Å². The summed E-state index contributed by atoms with van der Waals surface area (Å²) in [6.07, 6.45) is 4.72. The first-order valence-electron chi connectivity index (χ1n) is 12.3. The van der Waals surface area contributed by atoms with Crippen molar-refractivity contribution in [3.63, 3.8) is 0 Å². The molecule has 2 heterocycles. The van der Waals surface area contributed by atoms with Crippen LogP contribution in [0.2, 0.25) is 0 Å². The molecule has 5 rings (SSSR count). The highest BCUT2D eigenvalue weighted by Gasteiger charge is 2.35. The SMILES string of the molecule is COc1ccc(OC)c(C(c2nnnn2C2CCCC2)N2CCN(Cc3ccccc3)CC2)c1. The standard InChI is InChI=1S/C26H34N6O2/c1-33-22-12-13-24(34-2)23(18-22)25(26-27-28-29-32(26)21-10-6-7-11-21)31-16-14-30(15-17-31)19-20-8-4-3-5-9-20/h3-5,8-9,12-13,18,21,25H,6-7,10-11,14-17,19H2,1-2H3. The normalized spacial score (nSPS) is 18.8. The lowest BCUT2D eigenvalue weighted by Crippen LogP contribution is -2.48. The average Bonchev–Trinajstić information content (AvgIpc) is 3.58. The van der Waals surface area contributed by atoms with Gasteiger partial charge in [-0.15, -0.1) is 5.10 Å². The highest BCUT2D eigenvalue weighted by Crippen LogP contribution is 2.39. The second-order valence-corrected chi connectivity index (χ2v) is 9.23. The van der Waals surface area contributed by atoms with E-state index in [1.807, 2.05) is 12.1 Å². The number of rotatable bonds is 8. The van der Waals surface area contributed by atoms with Gasteiger partial charge in [-0.2, -0.15) is 0 Å². The molecule has 1 saturated carbocycles. The highest BCUT2D eigenvalue weighted by atomic mass is 16.5. The molecular formula is C26H34N6O2. The molecule has 2 fully saturated rings. The second-order valence-electron chi connectivity index (χ2n) is 9.23. The summed E-state index contributed by atoms with van der Waals surface area (Å²) in [4.78, 5) is 5.02. The van der Waals surface area contributed by atoms with Crippen LogP contribution in [-0.2, 0) is 6.54 Å². The predicted molar refractivity (Wildman–Crippen MR) is 130 cm³/mol. The van der Waals surface area contributed by atoms with Crippen molar-refractivity contribution in [2.45, 2.75) is 44.3 Å². The zero-order valence-electron chi connectivity index (χ0n) is 20.1. The van der Waals surface area contributed by atoms with Crippen molar-refractivity contribution in [1.82, 2.24) is 30.0 Å². The second kappa shape index (κ2) is 10.5. The molecule has 2 aromatic carbocycles. The molecule has 1 atom stereocenters. The fourth-order valence-electron chi connectivity index (χ4n) is 5.36. The Morgan fingerprint density at radius 3 is 2.41 bits per heavy atom. The third-order valence-corrected chi connectivity index (χ3v) is 7.19. The Balaban J connectivity index is 1.45. The first kappa shape index (κ1) is 22.8. The molecule has 1 aliphatic carbocycles. The van der Waals surface area contributed by atoms with Gasteiger partial charge in [0.25, 0.3) is 0 Å². The van der Waals surface area contributed by atoms with Gasteiger partial charge >= 0.3 is 0 Å². The van der Waals surface area contributed by atoms with Crippen LogP contribution in [0.15, 0.2) is 48.5 Å². The number of aromatic nitrogens is 4. The number of nitrogens with zero attached hydrogens (tertiary/aromatic N) is 6. The van der Waals surface area contributed by atoms with Gasteiger partial charge in [0.1, 0.15) is 17.5 Å². The maximum absolute atomic E-state index is 5.81. The van der Waals surface area contributed by atoms with Crippen LogP contribution in [0.3, 0.4) is 0 Å². The quantitative estimate of drug-likeness (QED) is 0.505. The zero-order chi connectivity index (χ0) is 23.3. The first-order chi connectivity index (χ1) is 16.8. The molecule has 0 bridgehead atoms. The van der Waals surface area contributed by atoms with Crippen LogP contribution in [-0.4, -0.2) is 70.4 Å². The third kappa shape index (κ3) is 4.79. The average molecular weight is 463 g/mol. The third-order valence-electron chi connectivity index (χ3n) is 7.19. The van der Waals surface area contributed by atoms with E-state index in [2.05, 4.69) is 66.4 Å². The molecule has 180 valence electrons. The number of benzene rings is 2. The Labute approximate surface area is 201 Å². The molecule has 0 spiro atoms. The molecule has 0 N–H and O–H groups in total. The topological polar surface area (TPSA) is 68.5 Å². The molecule has 0 amide bonds. The molecule has 34 heavy (non-hydrogen) atoms. The largest absolute Gasteiger partial charge is 0.497 e. The van der Waals surface area contributed by atoms with E-state index in [0.717, 1.165) is 68.5 Å². The molecule has 1 unspecified atom stereocenters. The van der Waals surface area contributed by atoms with E-state index in [9.17, 15) is 0 Å². The van der Waals surface area contributed by atoms with Gasteiger partial charge in [0.2, 0.25) is 0 Å². The van der Waals surface area contributed by atoms with Gasteiger partial charge in [-0.05, 0) is 47.0 Å². The Hall–Kier alpha value is -2.97. The minimum absolute atomic E-state index is 0.0977. The predicted octanol–water partition coefficient (Wildman–Crippen LogP) is 3.71. The van der Waals surface area contributed by atoms with Crippen LogP contribution in [0.5, 0.6) is 11.5 Å². The fraction of sp³-hybridized carbons (Fsp3) is 0.500. The van der Waals surface area contributed by atoms with Crippen molar-refractivity contribution in [2.24, 2.45) is 0 Å². The minimum atomic E-state index is -0.0977. The summed E-state index contributed by atoms with van der Waals surface area (Å²) < 4.78 is 13.5. The number of hydrogen-bond acceptors (Lipinski definition) is 7. The van der Waals surface area contributed by atoms with Crippen molar-refractivity contribution >= 4 is 0 Å². The van der Waals surface area contributed by atoms with E-state index in [0.29, 0.717) is 6.04 Å². The lowest BCUT2D eigenvalue weighted by Gasteiger charge is -2.39. The van der Waals surface area contributed by atoms with Gasteiger partial charge in [0.05, 0.1) is 20.3 Å². The first-order valence-corrected chi connectivity index (χ1v) is 12.3. The Bertz CT molecular complexity index is 1060. The summed E-state index contributed by atoms with van der Waals surface area (Å²) in [6.45, 7) is 4.80. The summed E-state index contributed by atoms with van der Waals surface area (Å²) >= 11 is 0. The Morgan fingerprint density at radius 1 is 0.941 bits per heavy atom. The summed E-state index contributed by atoms with van der Waals surface area (Å²) in [5.41, 5.74) is 2.40. The number of tetrazole rings is 1. The van der Waals surface area contributed by atoms with Crippen molar-refractivity contribution in [3.8, 4) is 11.5 Å². The smallest absolute Gasteiger partial charge is 0.173 e. The van der Waals surface area contributed by atoms with Crippen LogP contribution in [0, 0.1) is 0 Å². The van der Waals surface area contributed by atoms with Crippen molar-refractivity contribution in [2.75, 3.05) is 40.4 Å². The lowest BCUT2D eigenvalue weighted by molar-refractivity contribution is 0.0982. The molecule has 0 radical (unpaired) electrons. The maximum Gasteiger partial charge on any atom is 0.173 e. The minimum Gasteiger partial charge on any atom is -0.497 e. The van der Waals surface area contributed by atoms with E-state index < -0.39 is 0 Å². The summed E-state index contributed by atoms with van der Waals surface area (Å²) in [7, 11) is 3.42. The molecule has 8 nitrogen and oxygen atoms in total. The number of methoxy groups -OCH3 is 2. The summed E-state index contributed by atoms with van der Waals surface area (Å²) in [5, 5.41) is 13.2. The molecule has 1 saturated heterocycles. The van der Waals surface area contributed by atoms with Crippen molar-refractivity contribution < 1.29 is 9.47 Å². The molecule has 1 aliphatic heterocycles. The molecular weight excluding hydrogens is 428 g/mol. The van der Waals surface area contributed by atoms with E-state index in [1.54, 1.807) is 14.2 Å². The van der Waals surface area contributed by atoms with Crippen LogP contribution in [0.1, 0.15) is 54.7 Å². The van der Waals surface area contributed by atoms with Gasteiger partial charge in [-0.3, -0.25) is 9.80 Å². The van der Waals surface area contributed by atoms with Gasteiger partial charge in [0, 0.05) is 38.3 Å². The van der Waals surface area contributed by atoms with Crippen LogP contribution in [0.25, 0.3) is 0 Å². The molecule has 8 heteroatoms. The molecule has 2 aliphatic rings. The number of piperazine rings is 1. The monoisotopic (exact) mass is 462 g/mol. The van der Waals surface area contributed by atoms with E-state index in [-0.39, 0.29) is 6.04 Å². The van der Waals surface area contributed by atoms with Crippen LogP contribution < -0.4 is 9.47 Å². The van der Waals surface area contributed by atoms with E-state index in [1.165, 1.54) is 18.4 Å². The highest BCUT2D eigenvalue weighted by molar-refractivity contribution is 5.44.